The van der Waals surface area contributed by atoms with Crippen LogP contribution in [0.25, 0.3) is 0 Å². The molecule has 2 N–H and O–H groups in total. The first-order chi connectivity index (χ1) is 9.65. The van der Waals surface area contributed by atoms with Crippen LogP contribution in [0.1, 0.15) is 58.7 Å². The molecule has 20 heavy (non-hydrogen) atoms. The highest BCUT2D eigenvalue weighted by molar-refractivity contribution is 5.47. The summed E-state index contributed by atoms with van der Waals surface area (Å²) >= 11 is 0. The van der Waals surface area contributed by atoms with Gasteiger partial charge in [-0.2, -0.15) is 0 Å². The van der Waals surface area contributed by atoms with E-state index < -0.39 is 0 Å². The average molecular weight is 276 g/mol. The molecule has 0 saturated heterocycles. The summed E-state index contributed by atoms with van der Waals surface area (Å²) in [6, 6.07) is 2.03. The Bertz CT molecular complexity index is 424. The third kappa shape index (κ3) is 4.09. The lowest BCUT2D eigenvalue weighted by Gasteiger charge is -2.24. The van der Waals surface area contributed by atoms with Crippen molar-refractivity contribution in [1.29, 1.82) is 0 Å². The molecule has 1 heterocycles. The molecule has 0 bridgehead atoms. The van der Waals surface area contributed by atoms with Crippen molar-refractivity contribution in [2.75, 3.05) is 23.7 Å². The lowest BCUT2D eigenvalue weighted by Crippen LogP contribution is -2.23. The summed E-state index contributed by atoms with van der Waals surface area (Å²) in [5.74, 6) is 2.81. The standard InChI is InChI=1S/C16H28N4/c1-4-10-17-14-11-15(20-13(5-2)19-14)18-12-16(3)8-6-7-9-16/h11H,4-10,12H2,1-3H3,(H2,17,18,19,20). The highest BCUT2D eigenvalue weighted by atomic mass is 15.1. The Labute approximate surface area is 122 Å². The summed E-state index contributed by atoms with van der Waals surface area (Å²) in [7, 11) is 0. The maximum absolute atomic E-state index is 4.59. The fourth-order valence-electron chi connectivity index (χ4n) is 2.80. The molecular formula is C16H28N4. The molecule has 0 unspecified atom stereocenters. The molecule has 1 aliphatic carbocycles. The lowest BCUT2D eigenvalue weighted by molar-refractivity contribution is 0.361. The number of rotatable bonds is 7. The van der Waals surface area contributed by atoms with Crippen LogP contribution in [-0.4, -0.2) is 23.1 Å². The number of anilines is 2. The van der Waals surface area contributed by atoms with E-state index in [1.54, 1.807) is 0 Å². The zero-order valence-electron chi connectivity index (χ0n) is 13.1. The highest BCUT2D eigenvalue weighted by Gasteiger charge is 2.28. The molecule has 0 aliphatic heterocycles. The van der Waals surface area contributed by atoms with Crippen LogP contribution in [0.2, 0.25) is 0 Å². The molecule has 4 heteroatoms. The minimum Gasteiger partial charge on any atom is -0.370 e. The maximum atomic E-state index is 4.59. The minimum atomic E-state index is 0.439. The minimum absolute atomic E-state index is 0.439. The molecule has 0 spiro atoms. The van der Waals surface area contributed by atoms with Gasteiger partial charge in [-0.1, -0.05) is 33.6 Å². The summed E-state index contributed by atoms with van der Waals surface area (Å²) in [4.78, 5) is 9.11. The summed E-state index contributed by atoms with van der Waals surface area (Å²) < 4.78 is 0. The first-order valence-electron chi connectivity index (χ1n) is 8.01. The van der Waals surface area contributed by atoms with Crippen LogP contribution in [0, 0.1) is 5.41 Å². The normalized spacial score (nSPS) is 17.1. The molecule has 1 aromatic rings. The van der Waals surface area contributed by atoms with Crippen molar-refractivity contribution in [3.05, 3.63) is 11.9 Å². The Morgan fingerprint density at radius 3 is 2.35 bits per heavy atom. The van der Waals surface area contributed by atoms with E-state index in [1.165, 1.54) is 25.7 Å². The summed E-state index contributed by atoms with van der Waals surface area (Å²) in [5, 5.41) is 6.88. The van der Waals surface area contributed by atoms with E-state index in [4.69, 9.17) is 0 Å². The molecule has 4 nitrogen and oxygen atoms in total. The third-order valence-electron chi connectivity index (χ3n) is 4.15. The quantitative estimate of drug-likeness (QED) is 0.794. The fourth-order valence-corrected chi connectivity index (χ4v) is 2.80. The maximum Gasteiger partial charge on any atom is 0.132 e. The van der Waals surface area contributed by atoms with E-state index in [9.17, 15) is 0 Å². The van der Waals surface area contributed by atoms with Gasteiger partial charge in [0.25, 0.3) is 0 Å². The van der Waals surface area contributed by atoms with E-state index in [2.05, 4.69) is 41.4 Å². The largest absolute Gasteiger partial charge is 0.370 e. The molecular weight excluding hydrogens is 248 g/mol. The van der Waals surface area contributed by atoms with Crippen molar-refractivity contribution >= 4 is 11.6 Å². The van der Waals surface area contributed by atoms with E-state index >= 15 is 0 Å². The van der Waals surface area contributed by atoms with Crippen molar-refractivity contribution in [3.8, 4) is 0 Å². The van der Waals surface area contributed by atoms with E-state index in [1.807, 2.05) is 6.07 Å². The van der Waals surface area contributed by atoms with Crippen molar-refractivity contribution in [1.82, 2.24) is 9.97 Å². The second-order valence-electron chi connectivity index (χ2n) is 6.21. The van der Waals surface area contributed by atoms with E-state index in [0.29, 0.717) is 5.41 Å². The molecule has 1 aromatic heterocycles. The van der Waals surface area contributed by atoms with Gasteiger partial charge >= 0.3 is 0 Å². The smallest absolute Gasteiger partial charge is 0.132 e. The Morgan fingerprint density at radius 1 is 1.10 bits per heavy atom. The van der Waals surface area contributed by atoms with Crippen LogP contribution >= 0.6 is 0 Å². The second kappa shape index (κ2) is 6.91. The van der Waals surface area contributed by atoms with Gasteiger partial charge in [0.05, 0.1) is 0 Å². The summed E-state index contributed by atoms with van der Waals surface area (Å²) in [6.45, 7) is 8.61. The molecule has 2 rings (SSSR count). The first kappa shape index (κ1) is 15.1. The predicted molar refractivity (Wildman–Crippen MR) is 85.3 cm³/mol. The van der Waals surface area contributed by atoms with Crippen LogP contribution in [0.5, 0.6) is 0 Å². The average Bonchev–Trinajstić information content (AvgIpc) is 2.90. The van der Waals surface area contributed by atoms with Crippen LogP contribution in [0.15, 0.2) is 6.07 Å². The topological polar surface area (TPSA) is 49.8 Å². The van der Waals surface area contributed by atoms with Gasteiger partial charge in [-0.25, -0.2) is 9.97 Å². The Kier molecular flexibility index (Phi) is 5.21. The summed E-state index contributed by atoms with van der Waals surface area (Å²) in [5.41, 5.74) is 0.439. The monoisotopic (exact) mass is 276 g/mol. The predicted octanol–water partition coefficient (Wildman–Crippen LogP) is 3.85. The molecule has 0 amide bonds. The van der Waals surface area contributed by atoms with Crippen LogP contribution in [0.4, 0.5) is 11.6 Å². The Balaban J connectivity index is 2.01. The highest BCUT2D eigenvalue weighted by Crippen LogP contribution is 2.37. The second-order valence-corrected chi connectivity index (χ2v) is 6.21. The van der Waals surface area contributed by atoms with Gasteiger partial charge in [0.2, 0.25) is 0 Å². The van der Waals surface area contributed by atoms with Gasteiger partial charge < -0.3 is 10.6 Å². The zero-order chi connectivity index (χ0) is 14.4. The van der Waals surface area contributed by atoms with Crippen molar-refractivity contribution in [2.45, 2.75) is 59.3 Å². The number of hydrogen-bond donors (Lipinski definition) is 2. The van der Waals surface area contributed by atoms with Gasteiger partial charge in [-0.3, -0.25) is 0 Å². The van der Waals surface area contributed by atoms with Gasteiger partial charge in [0.15, 0.2) is 0 Å². The number of hydrogen-bond acceptors (Lipinski definition) is 4. The van der Waals surface area contributed by atoms with E-state index in [-0.39, 0.29) is 0 Å². The molecule has 112 valence electrons. The fraction of sp³-hybridized carbons (Fsp3) is 0.750. The third-order valence-corrected chi connectivity index (χ3v) is 4.15. The van der Waals surface area contributed by atoms with Gasteiger partial charge in [-0.15, -0.1) is 0 Å². The number of nitrogens with zero attached hydrogens (tertiary/aromatic N) is 2. The van der Waals surface area contributed by atoms with Crippen LogP contribution in [-0.2, 0) is 6.42 Å². The molecule has 0 atom stereocenters. The molecule has 0 aromatic carbocycles. The van der Waals surface area contributed by atoms with E-state index in [0.717, 1.165) is 43.4 Å². The zero-order valence-corrected chi connectivity index (χ0v) is 13.1. The summed E-state index contributed by atoms with van der Waals surface area (Å²) in [6.07, 6.45) is 7.36. The molecule has 1 saturated carbocycles. The van der Waals surface area contributed by atoms with Gasteiger partial charge in [0, 0.05) is 25.6 Å². The van der Waals surface area contributed by atoms with Crippen molar-refractivity contribution in [3.63, 3.8) is 0 Å². The lowest BCUT2D eigenvalue weighted by atomic mass is 9.89. The van der Waals surface area contributed by atoms with Crippen LogP contribution < -0.4 is 10.6 Å². The van der Waals surface area contributed by atoms with Gasteiger partial charge in [-0.05, 0) is 24.7 Å². The number of aromatic nitrogens is 2. The van der Waals surface area contributed by atoms with Crippen molar-refractivity contribution in [2.24, 2.45) is 5.41 Å². The number of aryl methyl sites for hydroxylation is 1. The Hall–Kier alpha value is -1.32. The molecule has 0 radical (unpaired) electrons. The number of nitrogens with one attached hydrogen (secondary N) is 2. The Morgan fingerprint density at radius 2 is 1.75 bits per heavy atom. The molecule has 1 fully saturated rings. The van der Waals surface area contributed by atoms with Crippen LogP contribution in [0.3, 0.4) is 0 Å². The first-order valence-corrected chi connectivity index (χ1v) is 8.01. The molecule has 1 aliphatic rings. The van der Waals surface area contributed by atoms with Gasteiger partial charge in [0.1, 0.15) is 17.5 Å². The van der Waals surface area contributed by atoms with Crippen molar-refractivity contribution < 1.29 is 0 Å². The SMILES string of the molecule is CCCNc1cc(NCC2(C)CCCC2)nc(CC)n1.